The standard InChI is InChI=1S/C19H15NO4S/c1-24-19(23)16-17(22)15(11-12-6-5-9-14(21)10-12)25-18(16)20-13-7-3-2-4-8-13/h2-11,21-22H,1H3/b15-11-,20-18?. The van der Waals surface area contributed by atoms with E-state index < -0.39 is 5.97 Å². The number of phenols is 1. The molecule has 0 amide bonds. The summed E-state index contributed by atoms with van der Waals surface area (Å²) in [5.74, 6) is -0.721. The first-order valence-corrected chi connectivity index (χ1v) is 8.25. The number of carbonyl (C=O) groups is 1. The van der Waals surface area contributed by atoms with Crippen LogP contribution in [0.4, 0.5) is 5.69 Å². The fourth-order valence-corrected chi connectivity index (χ4v) is 3.31. The van der Waals surface area contributed by atoms with Gasteiger partial charge in [0.05, 0.1) is 17.7 Å². The molecule has 3 rings (SSSR count). The van der Waals surface area contributed by atoms with E-state index in [1.54, 1.807) is 42.5 Å². The van der Waals surface area contributed by atoms with Gasteiger partial charge in [-0.3, -0.25) is 0 Å². The molecule has 5 nitrogen and oxygen atoms in total. The van der Waals surface area contributed by atoms with Crippen LogP contribution in [0.2, 0.25) is 0 Å². The number of aromatic hydroxyl groups is 1. The smallest absolute Gasteiger partial charge is 0.344 e. The first-order valence-electron chi connectivity index (χ1n) is 7.43. The number of esters is 1. The molecule has 0 aromatic heterocycles. The third kappa shape index (κ3) is 3.75. The number of methoxy groups -OCH3 is 1. The van der Waals surface area contributed by atoms with E-state index in [0.717, 1.165) is 0 Å². The molecule has 0 spiro atoms. The summed E-state index contributed by atoms with van der Waals surface area (Å²) < 4.78 is 4.77. The van der Waals surface area contributed by atoms with E-state index in [2.05, 4.69) is 4.99 Å². The van der Waals surface area contributed by atoms with Gasteiger partial charge in [-0.15, -0.1) is 0 Å². The van der Waals surface area contributed by atoms with Crippen LogP contribution in [0.5, 0.6) is 5.75 Å². The van der Waals surface area contributed by atoms with E-state index >= 15 is 0 Å². The largest absolute Gasteiger partial charge is 0.508 e. The van der Waals surface area contributed by atoms with Crippen molar-refractivity contribution in [1.82, 2.24) is 0 Å². The first-order chi connectivity index (χ1) is 12.1. The number of nitrogens with zero attached hydrogens (tertiary/aromatic N) is 1. The minimum Gasteiger partial charge on any atom is -0.508 e. The minimum absolute atomic E-state index is 0.0303. The number of para-hydroxylation sites is 1. The molecule has 6 heteroatoms. The molecule has 0 atom stereocenters. The number of carbonyl (C=O) groups excluding carboxylic acids is 1. The van der Waals surface area contributed by atoms with Gasteiger partial charge in [0.1, 0.15) is 22.1 Å². The van der Waals surface area contributed by atoms with Crippen LogP contribution in [0.15, 0.2) is 75.8 Å². The van der Waals surface area contributed by atoms with Crippen LogP contribution in [0.1, 0.15) is 5.56 Å². The van der Waals surface area contributed by atoms with Gasteiger partial charge in [0.2, 0.25) is 0 Å². The Morgan fingerprint density at radius 3 is 2.56 bits per heavy atom. The SMILES string of the molecule is COC(=O)C1=C(O)/C(=C/c2cccc(O)c2)SC1=Nc1ccccc1. The summed E-state index contributed by atoms with van der Waals surface area (Å²) in [4.78, 5) is 17.0. The summed E-state index contributed by atoms with van der Waals surface area (Å²) in [6.07, 6.45) is 1.68. The van der Waals surface area contributed by atoms with Gasteiger partial charge in [0.15, 0.2) is 0 Å². The molecule has 0 saturated carbocycles. The average Bonchev–Trinajstić information content (AvgIpc) is 2.90. The molecule has 0 aliphatic carbocycles. The summed E-state index contributed by atoms with van der Waals surface area (Å²) >= 11 is 1.17. The molecule has 25 heavy (non-hydrogen) atoms. The van der Waals surface area contributed by atoms with E-state index in [9.17, 15) is 15.0 Å². The molecule has 0 bridgehead atoms. The van der Waals surface area contributed by atoms with Crippen molar-refractivity contribution in [3.05, 3.63) is 76.4 Å². The summed E-state index contributed by atoms with van der Waals surface area (Å²) in [5.41, 5.74) is 1.39. The van der Waals surface area contributed by atoms with Crippen molar-refractivity contribution in [3.63, 3.8) is 0 Å². The number of benzene rings is 2. The Balaban J connectivity index is 2.05. The number of hydrogen-bond acceptors (Lipinski definition) is 6. The van der Waals surface area contributed by atoms with Crippen molar-refractivity contribution >= 4 is 34.5 Å². The Labute approximate surface area is 149 Å². The number of phenolic OH excluding ortho intramolecular Hbond substituents is 1. The summed E-state index contributed by atoms with van der Waals surface area (Å²) in [7, 11) is 1.25. The van der Waals surface area contributed by atoms with Gasteiger partial charge in [-0.1, -0.05) is 42.1 Å². The lowest BCUT2D eigenvalue weighted by Crippen LogP contribution is -2.10. The maximum atomic E-state index is 12.1. The number of rotatable bonds is 3. The molecule has 126 valence electrons. The molecule has 2 aromatic rings. The van der Waals surface area contributed by atoms with Crippen LogP contribution in [0, 0.1) is 0 Å². The number of aliphatic hydroxyl groups is 1. The molecular weight excluding hydrogens is 338 g/mol. The molecule has 2 N–H and O–H groups in total. The highest BCUT2D eigenvalue weighted by atomic mass is 32.2. The Morgan fingerprint density at radius 1 is 1.12 bits per heavy atom. The highest BCUT2D eigenvalue weighted by Gasteiger charge is 2.32. The summed E-state index contributed by atoms with van der Waals surface area (Å²) in [5, 5.41) is 20.4. The van der Waals surface area contributed by atoms with Gasteiger partial charge in [0, 0.05) is 0 Å². The second-order valence-electron chi connectivity index (χ2n) is 5.17. The lowest BCUT2D eigenvalue weighted by atomic mass is 10.1. The quantitative estimate of drug-likeness (QED) is 0.809. The lowest BCUT2D eigenvalue weighted by molar-refractivity contribution is -0.135. The zero-order valence-corrected chi connectivity index (χ0v) is 14.2. The zero-order chi connectivity index (χ0) is 17.8. The number of ether oxygens (including phenoxy) is 1. The Morgan fingerprint density at radius 2 is 1.88 bits per heavy atom. The fraction of sp³-hybridized carbons (Fsp3) is 0.0526. The van der Waals surface area contributed by atoms with Crippen LogP contribution in [-0.4, -0.2) is 28.3 Å². The van der Waals surface area contributed by atoms with Crippen LogP contribution in [0.3, 0.4) is 0 Å². The molecule has 1 aliphatic rings. The predicted octanol–water partition coefficient (Wildman–Crippen LogP) is 4.20. The van der Waals surface area contributed by atoms with Crippen molar-refractivity contribution in [2.45, 2.75) is 0 Å². The second kappa shape index (κ2) is 7.27. The maximum absolute atomic E-state index is 12.1. The Kier molecular flexibility index (Phi) is 4.90. The fourth-order valence-electron chi connectivity index (χ4n) is 2.28. The number of hydrogen-bond donors (Lipinski definition) is 2. The monoisotopic (exact) mass is 353 g/mol. The molecule has 0 fully saturated rings. The second-order valence-corrected chi connectivity index (χ2v) is 6.20. The van der Waals surface area contributed by atoms with E-state index in [-0.39, 0.29) is 17.1 Å². The normalized spacial score (nSPS) is 17.3. The zero-order valence-electron chi connectivity index (χ0n) is 13.3. The van der Waals surface area contributed by atoms with Crippen LogP contribution in [-0.2, 0) is 9.53 Å². The van der Waals surface area contributed by atoms with Crippen molar-refractivity contribution in [2.75, 3.05) is 7.11 Å². The molecule has 2 aromatic carbocycles. The topological polar surface area (TPSA) is 79.1 Å². The lowest BCUT2D eigenvalue weighted by Gasteiger charge is -2.01. The molecule has 1 aliphatic heterocycles. The molecule has 1 heterocycles. The third-order valence-corrected chi connectivity index (χ3v) is 4.45. The van der Waals surface area contributed by atoms with Crippen molar-refractivity contribution in [3.8, 4) is 5.75 Å². The van der Waals surface area contributed by atoms with Gasteiger partial charge < -0.3 is 14.9 Å². The van der Waals surface area contributed by atoms with Crippen molar-refractivity contribution in [2.24, 2.45) is 4.99 Å². The highest BCUT2D eigenvalue weighted by molar-refractivity contribution is 8.18. The average molecular weight is 353 g/mol. The van der Waals surface area contributed by atoms with Crippen molar-refractivity contribution in [1.29, 1.82) is 0 Å². The molecular formula is C19H15NO4S. The molecule has 0 radical (unpaired) electrons. The van der Waals surface area contributed by atoms with Crippen LogP contribution < -0.4 is 0 Å². The van der Waals surface area contributed by atoms with E-state index in [1.165, 1.54) is 18.9 Å². The van der Waals surface area contributed by atoms with Gasteiger partial charge in [-0.2, -0.15) is 0 Å². The molecule has 0 unspecified atom stereocenters. The van der Waals surface area contributed by atoms with Crippen LogP contribution >= 0.6 is 11.8 Å². The summed E-state index contributed by atoms with van der Waals surface area (Å²) in [6.45, 7) is 0. The summed E-state index contributed by atoms with van der Waals surface area (Å²) in [6, 6.07) is 15.7. The Hall–Kier alpha value is -2.99. The molecule has 0 saturated heterocycles. The Bertz CT molecular complexity index is 901. The van der Waals surface area contributed by atoms with Gasteiger partial charge in [-0.05, 0) is 35.9 Å². The van der Waals surface area contributed by atoms with E-state index in [4.69, 9.17) is 4.74 Å². The minimum atomic E-state index is -0.654. The van der Waals surface area contributed by atoms with Crippen LogP contribution in [0.25, 0.3) is 6.08 Å². The van der Waals surface area contributed by atoms with Gasteiger partial charge in [0.25, 0.3) is 0 Å². The number of thioether (sulfide) groups is 1. The maximum Gasteiger partial charge on any atom is 0.344 e. The first kappa shape index (κ1) is 16.9. The number of aliphatic imine (C=N–C) groups is 1. The highest BCUT2D eigenvalue weighted by Crippen LogP contribution is 2.40. The third-order valence-electron chi connectivity index (χ3n) is 3.44. The van der Waals surface area contributed by atoms with E-state index in [0.29, 0.717) is 21.2 Å². The van der Waals surface area contributed by atoms with Gasteiger partial charge in [-0.25, -0.2) is 9.79 Å². The number of aliphatic hydroxyl groups excluding tert-OH is 1. The van der Waals surface area contributed by atoms with E-state index in [1.807, 2.05) is 18.2 Å². The van der Waals surface area contributed by atoms with Gasteiger partial charge >= 0.3 is 5.97 Å². The van der Waals surface area contributed by atoms with Crippen molar-refractivity contribution < 1.29 is 19.7 Å². The predicted molar refractivity (Wildman–Crippen MR) is 98.9 cm³/mol.